The third kappa shape index (κ3) is 7.88. The van der Waals surface area contributed by atoms with E-state index in [0.29, 0.717) is 17.9 Å². The number of benzene rings is 2. The molecule has 3 rings (SSSR count). The molecule has 0 spiro atoms. The zero-order valence-electron chi connectivity index (χ0n) is 19.5. The van der Waals surface area contributed by atoms with Crippen molar-refractivity contribution in [2.45, 2.75) is 76.5 Å². The highest BCUT2D eigenvalue weighted by Crippen LogP contribution is 2.41. The fourth-order valence-electron chi connectivity index (χ4n) is 4.10. The Bertz CT molecular complexity index is 886. The molecule has 178 valence electrons. The topological polar surface area (TPSA) is 49.4 Å². The van der Waals surface area contributed by atoms with Gasteiger partial charge in [0.15, 0.2) is 0 Å². The Morgan fingerprint density at radius 3 is 2.18 bits per heavy atom. The molecular weight excluding hydrogens is 435 g/mol. The predicted octanol–water partition coefficient (Wildman–Crippen LogP) is 7.46. The van der Waals surface area contributed by atoms with Crippen LogP contribution in [0.2, 0.25) is 0 Å². The molecule has 0 aromatic heterocycles. The Morgan fingerprint density at radius 2 is 1.55 bits per heavy atom. The van der Waals surface area contributed by atoms with Gasteiger partial charge in [0, 0.05) is 17.8 Å². The van der Waals surface area contributed by atoms with Crippen molar-refractivity contribution in [1.82, 2.24) is 0 Å². The first-order valence-electron chi connectivity index (χ1n) is 12.2. The predicted molar refractivity (Wildman–Crippen MR) is 136 cm³/mol. The Hall–Kier alpha value is -2.34. The van der Waals surface area contributed by atoms with Crippen molar-refractivity contribution in [3.05, 3.63) is 59.9 Å². The number of unbranched alkanes of at least 4 members (excludes halogenated alkanes) is 8. The van der Waals surface area contributed by atoms with Gasteiger partial charge in [-0.3, -0.25) is 14.5 Å². The molecular formula is C27H35FN2O2S. The molecule has 4 nitrogen and oxygen atoms in total. The fraction of sp³-hybridized carbons (Fsp3) is 0.481. The summed E-state index contributed by atoms with van der Waals surface area (Å²) in [6, 6.07) is 13.7. The van der Waals surface area contributed by atoms with Crippen LogP contribution in [-0.4, -0.2) is 17.6 Å². The first-order valence-corrected chi connectivity index (χ1v) is 13.2. The first-order chi connectivity index (χ1) is 16.1. The number of rotatable bonds is 13. The monoisotopic (exact) mass is 470 g/mol. The number of nitrogens with zero attached hydrogens (tertiary/aromatic N) is 1. The summed E-state index contributed by atoms with van der Waals surface area (Å²) < 4.78 is 13.3. The molecule has 1 fully saturated rings. The number of amides is 2. The van der Waals surface area contributed by atoms with Crippen molar-refractivity contribution < 1.29 is 14.0 Å². The van der Waals surface area contributed by atoms with Gasteiger partial charge < -0.3 is 5.32 Å². The van der Waals surface area contributed by atoms with Crippen LogP contribution < -0.4 is 10.2 Å². The quantitative estimate of drug-likeness (QED) is 0.309. The fourth-order valence-corrected chi connectivity index (χ4v) is 5.28. The van der Waals surface area contributed by atoms with Crippen LogP contribution >= 0.6 is 11.8 Å². The van der Waals surface area contributed by atoms with Gasteiger partial charge in [-0.05, 0) is 48.4 Å². The highest BCUT2D eigenvalue weighted by Gasteiger charge is 2.34. The molecule has 2 amide bonds. The maximum Gasteiger partial charge on any atom is 0.238 e. The maximum atomic E-state index is 13.3. The molecule has 1 aliphatic rings. The van der Waals surface area contributed by atoms with E-state index in [0.717, 1.165) is 24.1 Å². The van der Waals surface area contributed by atoms with Crippen LogP contribution in [0, 0.1) is 5.82 Å². The van der Waals surface area contributed by atoms with Crippen molar-refractivity contribution in [3.63, 3.8) is 0 Å². The van der Waals surface area contributed by atoms with Crippen LogP contribution in [0.3, 0.4) is 0 Å². The van der Waals surface area contributed by atoms with E-state index in [1.165, 1.54) is 57.1 Å². The minimum absolute atomic E-state index is 0.00921. The van der Waals surface area contributed by atoms with E-state index in [9.17, 15) is 14.0 Å². The van der Waals surface area contributed by atoms with E-state index in [4.69, 9.17) is 0 Å². The van der Waals surface area contributed by atoms with Gasteiger partial charge in [0.1, 0.15) is 11.2 Å². The number of thioether (sulfide) groups is 1. The summed E-state index contributed by atoms with van der Waals surface area (Å²) in [5, 5.41) is 2.82. The smallest absolute Gasteiger partial charge is 0.238 e. The van der Waals surface area contributed by atoms with Crippen LogP contribution in [0.1, 0.15) is 82.1 Å². The number of carbonyl (C=O) groups excluding carboxylic acids is 2. The Morgan fingerprint density at radius 1 is 0.939 bits per heavy atom. The largest absolute Gasteiger partial charge is 0.326 e. The number of nitrogens with one attached hydrogen (secondary N) is 1. The van der Waals surface area contributed by atoms with E-state index in [2.05, 4.69) is 12.2 Å². The van der Waals surface area contributed by atoms with Crippen molar-refractivity contribution in [2.75, 3.05) is 16.0 Å². The van der Waals surface area contributed by atoms with Crippen LogP contribution in [0.5, 0.6) is 0 Å². The molecule has 33 heavy (non-hydrogen) atoms. The maximum absolute atomic E-state index is 13.3. The Balaban J connectivity index is 1.43. The molecule has 1 N–H and O–H groups in total. The lowest BCUT2D eigenvalue weighted by Gasteiger charge is -2.24. The lowest BCUT2D eigenvalue weighted by Crippen LogP contribution is -2.27. The number of halogens is 1. The normalized spacial score (nSPS) is 15.8. The van der Waals surface area contributed by atoms with Gasteiger partial charge in [-0.1, -0.05) is 70.4 Å². The van der Waals surface area contributed by atoms with Gasteiger partial charge in [0.25, 0.3) is 0 Å². The van der Waals surface area contributed by atoms with Crippen LogP contribution in [0.15, 0.2) is 48.5 Å². The van der Waals surface area contributed by atoms with Crippen LogP contribution in [-0.2, 0) is 9.59 Å². The average molecular weight is 471 g/mol. The SMILES string of the molecule is CCCCCCCCCCCC(=O)Nc1ccc(C2SCC(=O)N2c2ccc(F)cc2)cc1. The minimum Gasteiger partial charge on any atom is -0.326 e. The van der Waals surface area contributed by atoms with Crippen molar-refractivity contribution in [3.8, 4) is 0 Å². The molecule has 0 aliphatic carbocycles. The first kappa shape index (κ1) is 25.3. The summed E-state index contributed by atoms with van der Waals surface area (Å²) in [5.74, 6) is 0.121. The number of hydrogen-bond donors (Lipinski definition) is 1. The minimum atomic E-state index is -0.322. The average Bonchev–Trinajstić information content (AvgIpc) is 3.20. The summed E-state index contributed by atoms with van der Waals surface area (Å²) in [6.45, 7) is 2.24. The summed E-state index contributed by atoms with van der Waals surface area (Å²) in [7, 11) is 0. The van der Waals surface area contributed by atoms with E-state index in [-0.39, 0.29) is 23.0 Å². The van der Waals surface area contributed by atoms with E-state index >= 15 is 0 Å². The highest BCUT2D eigenvalue weighted by atomic mass is 32.2. The second-order valence-electron chi connectivity index (χ2n) is 8.65. The second-order valence-corrected chi connectivity index (χ2v) is 9.72. The molecule has 6 heteroatoms. The summed E-state index contributed by atoms with van der Waals surface area (Å²) >= 11 is 1.55. The van der Waals surface area contributed by atoms with Gasteiger partial charge in [0.2, 0.25) is 11.8 Å². The van der Waals surface area contributed by atoms with Crippen molar-refractivity contribution in [1.29, 1.82) is 0 Å². The molecule has 2 aromatic carbocycles. The highest BCUT2D eigenvalue weighted by molar-refractivity contribution is 8.00. The number of hydrogen-bond acceptors (Lipinski definition) is 3. The van der Waals surface area contributed by atoms with E-state index in [1.807, 2.05) is 24.3 Å². The summed E-state index contributed by atoms with van der Waals surface area (Å²) in [4.78, 5) is 26.4. The summed E-state index contributed by atoms with van der Waals surface area (Å²) in [5.41, 5.74) is 2.43. The molecule has 1 atom stereocenters. The van der Waals surface area contributed by atoms with Gasteiger partial charge in [-0.2, -0.15) is 0 Å². The number of anilines is 2. The van der Waals surface area contributed by atoms with Gasteiger partial charge in [-0.25, -0.2) is 4.39 Å². The Labute approximate surface area is 201 Å². The summed E-state index contributed by atoms with van der Waals surface area (Å²) in [6.07, 6.45) is 11.7. The van der Waals surface area contributed by atoms with Crippen LogP contribution in [0.4, 0.5) is 15.8 Å². The van der Waals surface area contributed by atoms with Crippen LogP contribution in [0.25, 0.3) is 0 Å². The molecule has 1 saturated heterocycles. The van der Waals surface area contributed by atoms with Gasteiger partial charge in [0.05, 0.1) is 5.75 Å². The molecule has 0 radical (unpaired) electrons. The van der Waals surface area contributed by atoms with Gasteiger partial charge in [-0.15, -0.1) is 11.8 Å². The van der Waals surface area contributed by atoms with E-state index < -0.39 is 0 Å². The Kier molecular flexibility index (Phi) is 10.3. The molecule has 1 unspecified atom stereocenters. The van der Waals surface area contributed by atoms with Crippen molar-refractivity contribution in [2.24, 2.45) is 0 Å². The zero-order chi connectivity index (χ0) is 23.5. The lowest BCUT2D eigenvalue weighted by atomic mass is 10.1. The lowest BCUT2D eigenvalue weighted by molar-refractivity contribution is -0.116. The molecule has 0 bridgehead atoms. The van der Waals surface area contributed by atoms with Gasteiger partial charge >= 0.3 is 0 Å². The standard InChI is InChI=1S/C27H35FN2O2S/c1-2-3-4-5-6-7-8-9-10-11-25(31)29-23-16-12-21(13-17-23)27-30(26(32)20-33-27)24-18-14-22(28)15-19-24/h12-19,27H,2-11,20H2,1H3,(H,29,31). The third-order valence-corrected chi connectivity index (χ3v) is 7.17. The van der Waals surface area contributed by atoms with E-state index in [1.54, 1.807) is 28.8 Å². The molecule has 0 saturated carbocycles. The second kappa shape index (κ2) is 13.4. The molecule has 2 aromatic rings. The molecule has 1 heterocycles. The molecule has 1 aliphatic heterocycles. The third-order valence-electron chi connectivity index (χ3n) is 5.96. The zero-order valence-corrected chi connectivity index (χ0v) is 20.3. The van der Waals surface area contributed by atoms with Crippen molar-refractivity contribution >= 4 is 35.0 Å². The number of carbonyl (C=O) groups is 2.